The van der Waals surface area contributed by atoms with Gasteiger partial charge < -0.3 is 20.3 Å². The minimum Gasteiger partial charge on any atom is -0.396 e. The molecule has 1 aromatic heterocycles. The van der Waals surface area contributed by atoms with Gasteiger partial charge in [-0.1, -0.05) is 35.5 Å². The molecule has 21 heavy (non-hydrogen) atoms. The highest BCUT2D eigenvalue weighted by Crippen LogP contribution is 2.19. The molecule has 1 heterocycles. The smallest absolute Gasteiger partial charge is 0.273 e. The van der Waals surface area contributed by atoms with E-state index >= 15 is 0 Å². The van der Waals surface area contributed by atoms with E-state index in [0.717, 1.165) is 12.1 Å². The Kier molecular flexibility index (Phi) is 5.93. The quantitative estimate of drug-likeness (QED) is 0.632. The van der Waals surface area contributed by atoms with Gasteiger partial charge in [0.15, 0.2) is 11.5 Å². The monoisotopic (exact) mass is 289 g/mol. The van der Waals surface area contributed by atoms with Crippen LogP contribution in [0.2, 0.25) is 0 Å². The summed E-state index contributed by atoms with van der Waals surface area (Å²) in [6, 6.07) is 11.1. The van der Waals surface area contributed by atoms with Gasteiger partial charge in [-0.05, 0) is 13.0 Å². The fourth-order valence-electron chi connectivity index (χ4n) is 1.80. The first kappa shape index (κ1) is 15.2. The molecule has 0 aliphatic rings. The van der Waals surface area contributed by atoms with Gasteiger partial charge in [-0.25, -0.2) is 0 Å². The number of nitrogens with one attached hydrogen (secondary N) is 2. The van der Waals surface area contributed by atoms with Crippen molar-refractivity contribution in [2.24, 2.45) is 0 Å². The van der Waals surface area contributed by atoms with E-state index in [2.05, 4.69) is 15.8 Å². The molecule has 2 rings (SSSR count). The van der Waals surface area contributed by atoms with Gasteiger partial charge in [-0.15, -0.1) is 0 Å². The number of carbonyl (C=O) groups is 1. The molecule has 0 spiro atoms. The molecule has 1 aromatic carbocycles. The van der Waals surface area contributed by atoms with E-state index < -0.39 is 0 Å². The summed E-state index contributed by atoms with van der Waals surface area (Å²) in [6.07, 6.45) is 0.706. The van der Waals surface area contributed by atoms with Crippen LogP contribution in [0, 0.1) is 0 Å². The summed E-state index contributed by atoms with van der Waals surface area (Å²) in [5.74, 6) is 0.312. The Bertz CT molecular complexity index is 554. The molecular weight excluding hydrogens is 270 g/mol. The van der Waals surface area contributed by atoms with Crippen LogP contribution in [0.25, 0.3) is 11.3 Å². The van der Waals surface area contributed by atoms with Crippen LogP contribution in [-0.2, 0) is 0 Å². The number of hydrogen-bond donors (Lipinski definition) is 3. The summed E-state index contributed by atoms with van der Waals surface area (Å²) in [6.45, 7) is 2.04. The van der Waals surface area contributed by atoms with Crippen LogP contribution in [0.3, 0.4) is 0 Å². The Balaban J connectivity index is 1.80. The highest BCUT2D eigenvalue weighted by Gasteiger charge is 2.12. The molecule has 0 aliphatic carbocycles. The molecule has 6 nitrogen and oxygen atoms in total. The van der Waals surface area contributed by atoms with Crippen LogP contribution in [0.15, 0.2) is 40.9 Å². The second-order valence-electron chi connectivity index (χ2n) is 4.53. The van der Waals surface area contributed by atoms with E-state index in [-0.39, 0.29) is 18.2 Å². The number of rotatable bonds is 8. The highest BCUT2D eigenvalue weighted by molar-refractivity contribution is 5.93. The largest absolute Gasteiger partial charge is 0.396 e. The predicted octanol–water partition coefficient (Wildman–Crippen LogP) is 1.04. The lowest BCUT2D eigenvalue weighted by molar-refractivity contribution is 0.0945. The van der Waals surface area contributed by atoms with Crippen molar-refractivity contribution < 1.29 is 14.4 Å². The zero-order valence-corrected chi connectivity index (χ0v) is 11.7. The van der Waals surface area contributed by atoms with Crippen LogP contribution in [-0.4, -0.2) is 42.4 Å². The summed E-state index contributed by atoms with van der Waals surface area (Å²) in [4.78, 5) is 11.9. The molecular formula is C15H19N3O3. The molecule has 3 N–H and O–H groups in total. The van der Waals surface area contributed by atoms with Gasteiger partial charge in [0.05, 0.1) is 0 Å². The molecule has 2 aromatic rings. The zero-order chi connectivity index (χ0) is 14.9. The van der Waals surface area contributed by atoms with Gasteiger partial charge in [0.1, 0.15) is 0 Å². The minimum atomic E-state index is -0.259. The van der Waals surface area contributed by atoms with Gasteiger partial charge in [-0.3, -0.25) is 4.79 Å². The Labute approximate surface area is 123 Å². The maximum Gasteiger partial charge on any atom is 0.273 e. The van der Waals surface area contributed by atoms with Crippen LogP contribution in [0.5, 0.6) is 0 Å². The standard InChI is InChI=1S/C15H19N3O3/c19-10-4-7-16-8-9-17-15(20)13-11-14(21-18-13)12-5-2-1-3-6-12/h1-3,5-6,11,16,19H,4,7-10H2,(H,17,20). The minimum absolute atomic E-state index is 0.167. The number of aromatic nitrogens is 1. The normalized spacial score (nSPS) is 10.5. The SMILES string of the molecule is O=C(NCCNCCCO)c1cc(-c2ccccc2)on1. The molecule has 6 heteroatoms. The first-order chi connectivity index (χ1) is 10.3. The molecule has 0 unspecified atom stereocenters. The van der Waals surface area contributed by atoms with Gasteiger partial charge in [0.25, 0.3) is 5.91 Å². The summed E-state index contributed by atoms with van der Waals surface area (Å²) in [5, 5.41) is 18.3. The van der Waals surface area contributed by atoms with E-state index in [1.165, 1.54) is 0 Å². The third-order valence-corrected chi connectivity index (χ3v) is 2.90. The van der Waals surface area contributed by atoms with Crippen molar-refractivity contribution in [2.75, 3.05) is 26.2 Å². The molecule has 0 radical (unpaired) electrons. The maximum absolute atomic E-state index is 11.9. The van der Waals surface area contributed by atoms with Crippen molar-refractivity contribution in [3.63, 3.8) is 0 Å². The number of carbonyl (C=O) groups excluding carboxylic acids is 1. The molecule has 0 aliphatic heterocycles. The molecule has 0 saturated carbocycles. The number of aliphatic hydroxyl groups excluding tert-OH is 1. The Morgan fingerprint density at radius 2 is 2.00 bits per heavy atom. The lowest BCUT2D eigenvalue weighted by atomic mass is 10.1. The first-order valence-electron chi connectivity index (χ1n) is 6.93. The van der Waals surface area contributed by atoms with Crippen LogP contribution in [0.4, 0.5) is 0 Å². The van der Waals surface area contributed by atoms with Crippen LogP contribution in [0.1, 0.15) is 16.9 Å². The Morgan fingerprint density at radius 1 is 1.19 bits per heavy atom. The van der Waals surface area contributed by atoms with Crippen molar-refractivity contribution in [1.29, 1.82) is 0 Å². The number of benzene rings is 1. The fraction of sp³-hybridized carbons (Fsp3) is 0.333. The van der Waals surface area contributed by atoms with Gasteiger partial charge >= 0.3 is 0 Å². The van der Waals surface area contributed by atoms with E-state index in [1.807, 2.05) is 30.3 Å². The number of amides is 1. The topological polar surface area (TPSA) is 87.4 Å². The third kappa shape index (κ3) is 4.70. The fourth-order valence-corrected chi connectivity index (χ4v) is 1.80. The van der Waals surface area contributed by atoms with E-state index in [1.54, 1.807) is 6.07 Å². The zero-order valence-electron chi connectivity index (χ0n) is 11.7. The Morgan fingerprint density at radius 3 is 2.76 bits per heavy atom. The second-order valence-corrected chi connectivity index (χ2v) is 4.53. The maximum atomic E-state index is 11.9. The van der Waals surface area contributed by atoms with Crippen molar-refractivity contribution in [3.05, 3.63) is 42.1 Å². The summed E-state index contributed by atoms with van der Waals surface area (Å²) < 4.78 is 5.18. The molecule has 1 amide bonds. The molecule has 112 valence electrons. The first-order valence-corrected chi connectivity index (χ1v) is 6.93. The van der Waals surface area contributed by atoms with Crippen molar-refractivity contribution in [3.8, 4) is 11.3 Å². The van der Waals surface area contributed by atoms with Crippen molar-refractivity contribution in [1.82, 2.24) is 15.8 Å². The molecule has 0 saturated heterocycles. The molecule has 0 fully saturated rings. The summed E-state index contributed by atoms with van der Waals surface area (Å²) >= 11 is 0. The lowest BCUT2D eigenvalue weighted by Gasteiger charge is -2.04. The highest BCUT2D eigenvalue weighted by atomic mass is 16.5. The van der Waals surface area contributed by atoms with E-state index in [9.17, 15) is 4.79 Å². The van der Waals surface area contributed by atoms with Crippen molar-refractivity contribution in [2.45, 2.75) is 6.42 Å². The van der Waals surface area contributed by atoms with E-state index in [0.29, 0.717) is 25.3 Å². The number of aliphatic hydroxyl groups is 1. The second kappa shape index (κ2) is 8.18. The lowest BCUT2D eigenvalue weighted by Crippen LogP contribution is -2.32. The van der Waals surface area contributed by atoms with E-state index in [4.69, 9.17) is 9.63 Å². The average molecular weight is 289 g/mol. The van der Waals surface area contributed by atoms with Crippen LogP contribution >= 0.6 is 0 Å². The van der Waals surface area contributed by atoms with Gasteiger partial charge in [0, 0.05) is 31.3 Å². The number of nitrogens with zero attached hydrogens (tertiary/aromatic N) is 1. The van der Waals surface area contributed by atoms with Gasteiger partial charge in [0.2, 0.25) is 0 Å². The summed E-state index contributed by atoms with van der Waals surface area (Å²) in [5.41, 5.74) is 1.15. The van der Waals surface area contributed by atoms with Gasteiger partial charge in [-0.2, -0.15) is 0 Å². The summed E-state index contributed by atoms with van der Waals surface area (Å²) in [7, 11) is 0. The average Bonchev–Trinajstić information content (AvgIpc) is 3.01. The molecule has 0 bridgehead atoms. The van der Waals surface area contributed by atoms with Crippen molar-refractivity contribution >= 4 is 5.91 Å². The molecule has 0 atom stereocenters. The predicted molar refractivity (Wildman–Crippen MR) is 78.8 cm³/mol. The number of hydrogen-bond acceptors (Lipinski definition) is 5. The Hall–Kier alpha value is -2.18. The van der Waals surface area contributed by atoms with Crippen LogP contribution < -0.4 is 10.6 Å². The third-order valence-electron chi connectivity index (χ3n) is 2.90.